The van der Waals surface area contributed by atoms with Crippen LogP contribution < -0.4 is 30.0 Å². The summed E-state index contributed by atoms with van der Waals surface area (Å²) < 4.78 is 0. The zero-order chi connectivity index (χ0) is 34.4. The number of rotatable bonds is 5. The van der Waals surface area contributed by atoms with Crippen molar-refractivity contribution in [3.8, 4) is 22.3 Å². The Balaban J connectivity index is 0.000000239. The van der Waals surface area contributed by atoms with E-state index in [4.69, 9.17) is 0 Å². The van der Waals surface area contributed by atoms with E-state index in [9.17, 15) is 0 Å². The van der Waals surface area contributed by atoms with Gasteiger partial charge in [0.25, 0.3) is 0 Å². The number of hydrogen-bond donors (Lipinski definition) is 0. The molecule has 0 saturated heterocycles. The molecule has 7 rings (SSSR count). The second-order valence-corrected chi connectivity index (χ2v) is 29.8. The maximum Gasteiger partial charge on any atom is 0.0775 e. The Bertz CT molecular complexity index is 1950. The van der Waals surface area contributed by atoms with E-state index in [-0.39, 0.29) is 30.2 Å². The first-order chi connectivity index (χ1) is 22.9. The van der Waals surface area contributed by atoms with Gasteiger partial charge in [0.2, 0.25) is 0 Å². The molecule has 0 nitrogen and oxygen atoms in total. The summed E-state index contributed by atoms with van der Waals surface area (Å²) in [5.41, 5.74) is 9.91. The molecule has 0 aromatic heterocycles. The van der Waals surface area contributed by atoms with Gasteiger partial charge in [-0.15, -0.1) is 69.1 Å². The van der Waals surface area contributed by atoms with Gasteiger partial charge in [0.05, 0.1) is 8.07 Å². The molecule has 1 aliphatic carbocycles. The predicted molar refractivity (Wildman–Crippen MR) is 215 cm³/mol. The van der Waals surface area contributed by atoms with Gasteiger partial charge in [0.1, 0.15) is 0 Å². The number of fused-ring (bicyclic) bond motifs is 2. The maximum atomic E-state index is 2.47. The minimum atomic E-state index is -1.21. The Morgan fingerprint density at radius 2 is 1.16 bits per heavy atom. The van der Waals surface area contributed by atoms with E-state index in [2.05, 4.69) is 163 Å². The Kier molecular flexibility index (Phi) is 16.3. The molecule has 0 N–H and O–H groups in total. The minimum Gasteiger partial charge on any atom is -1.00 e. The van der Waals surface area contributed by atoms with Gasteiger partial charge in [-0.05, 0) is 41.4 Å². The van der Waals surface area contributed by atoms with Crippen LogP contribution >= 0.6 is 0 Å². The van der Waals surface area contributed by atoms with Crippen LogP contribution in [0.15, 0.2) is 109 Å². The van der Waals surface area contributed by atoms with Gasteiger partial charge in [0, 0.05) is 0 Å². The SMILES string of the molecule is CC(C)c1ccc(-c2cccc3[cH-]c(C4CCCCC4)cc23)cc1.C[Si](C)=[Zr+2].Cc1cc2c(-c3ccc([Si](C)(C)C)cc3)cccc2[cH-]1.[Cl-].[Cl-]. The summed E-state index contributed by atoms with van der Waals surface area (Å²) >= 11 is 1.74. The average Bonchev–Trinajstić information content (AvgIpc) is 3.68. The van der Waals surface area contributed by atoms with Crippen molar-refractivity contribution < 1.29 is 48.1 Å². The third kappa shape index (κ3) is 11.0. The molecule has 50 heavy (non-hydrogen) atoms. The molecule has 6 aromatic carbocycles. The molecule has 0 unspecified atom stereocenters. The molecular formula is C45H54Cl2Si2Zr-2. The number of hydrogen-bond acceptors (Lipinski definition) is 0. The van der Waals surface area contributed by atoms with Crippen molar-refractivity contribution in [2.24, 2.45) is 0 Å². The molecule has 5 heteroatoms. The van der Waals surface area contributed by atoms with Gasteiger partial charge < -0.3 is 24.8 Å². The zero-order valence-electron chi connectivity index (χ0n) is 31.3. The van der Waals surface area contributed by atoms with Gasteiger partial charge in [-0.1, -0.05) is 137 Å². The molecular weight excluding hydrogens is 759 g/mol. The first-order valence-corrected chi connectivity index (χ1v) is 27.7. The second-order valence-electron chi connectivity index (χ2n) is 15.4. The van der Waals surface area contributed by atoms with Gasteiger partial charge in [0.15, 0.2) is 0 Å². The Hall–Kier alpha value is -2.00. The Morgan fingerprint density at radius 3 is 1.66 bits per heavy atom. The summed E-state index contributed by atoms with van der Waals surface area (Å²) in [4.78, 5) is 0. The summed E-state index contributed by atoms with van der Waals surface area (Å²) in [6, 6.07) is 41.1. The summed E-state index contributed by atoms with van der Waals surface area (Å²) in [7, 11) is -1.21. The minimum absolute atomic E-state index is 0. The molecule has 1 aliphatic rings. The van der Waals surface area contributed by atoms with Gasteiger partial charge in [-0.3, -0.25) is 0 Å². The average molecular weight is 813 g/mol. The molecule has 0 atom stereocenters. The van der Waals surface area contributed by atoms with E-state index in [0.717, 1.165) is 5.92 Å². The number of aryl methyl sites for hydroxylation is 1. The van der Waals surface area contributed by atoms with E-state index < -0.39 is 8.07 Å². The number of halogens is 2. The van der Waals surface area contributed by atoms with Crippen LogP contribution in [0.1, 0.15) is 74.5 Å². The normalized spacial score (nSPS) is 13.1. The third-order valence-electron chi connectivity index (χ3n) is 9.69. The van der Waals surface area contributed by atoms with E-state index >= 15 is 0 Å². The van der Waals surface area contributed by atoms with Crippen molar-refractivity contribution in [1.82, 2.24) is 0 Å². The molecule has 0 amide bonds. The Morgan fingerprint density at radius 1 is 0.680 bits per heavy atom. The van der Waals surface area contributed by atoms with Crippen LogP contribution in [0.25, 0.3) is 43.8 Å². The molecule has 6 aromatic rings. The fraction of sp³-hybridized carbons (Fsp3) is 0.333. The van der Waals surface area contributed by atoms with E-state index in [1.165, 1.54) is 92.2 Å². The summed E-state index contributed by atoms with van der Waals surface area (Å²) in [6.45, 7) is 18.5. The largest absolute Gasteiger partial charge is 1.00 e. The molecule has 262 valence electrons. The van der Waals surface area contributed by atoms with Crippen molar-refractivity contribution in [2.75, 3.05) is 0 Å². The van der Waals surface area contributed by atoms with Crippen molar-refractivity contribution in [3.05, 3.63) is 126 Å². The van der Waals surface area contributed by atoms with Gasteiger partial charge in [-0.2, -0.15) is 12.1 Å². The van der Waals surface area contributed by atoms with Crippen LogP contribution in [0, 0.1) is 6.92 Å². The monoisotopic (exact) mass is 810 g/mol. The molecule has 1 fully saturated rings. The first kappa shape index (κ1) is 42.4. The second kappa shape index (κ2) is 19.2. The van der Waals surface area contributed by atoms with Crippen LogP contribution in [-0.4, -0.2) is 13.5 Å². The summed E-state index contributed by atoms with van der Waals surface area (Å²) in [5.74, 6) is 1.37. The summed E-state index contributed by atoms with van der Waals surface area (Å²) in [5, 5.41) is 7.06. The standard InChI is InChI=1S/C24H27.C19H21Si.C2H6Si.2ClH.Zr/c1-17(2)18-11-13-20(14-12-18)23-10-6-9-21-15-22(16-24(21)23)19-7-4-3-5-8-19;1-14-12-16-6-5-7-18(19(16)13-14)15-8-10-17(11-9-15)20(2,3)4;1-3-2;;;/h6,9-17,19H,3-5,7-8H2,1-2H3;5-13H,1-4H3;1-2H3;2*1H;/q2*-1;;;;+2/p-2. The van der Waals surface area contributed by atoms with Crippen molar-refractivity contribution in [3.63, 3.8) is 0 Å². The molecule has 0 bridgehead atoms. The van der Waals surface area contributed by atoms with Gasteiger partial charge >= 0.3 is 41.9 Å². The quantitative estimate of drug-likeness (QED) is 0.127. The molecule has 0 heterocycles. The molecule has 0 radical (unpaired) electrons. The van der Waals surface area contributed by atoms with E-state index in [0.29, 0.717) is 5.92 Å². The zero-order valence-corrected chi connectivity index (χ0v) is 37.3. The molecule has 1 saturated carbocycles. The molecule has 0 aliphatic heterocycles. The summed E-state index contributed by atoms with van der Waals surface area (Å²) in [6.07, 6.45) is 6.96. The fourth-order valence-corrected chi connectivity index (χ4v) is 8.18. The first-order valence-electron chi connectivity index (χ1n) is 18.0. The molecule has 0 spiro atoms. The van der Waals surface area contributed by atoms with E-state index in [1.807, 2.05) is 0 Å². The topological polar surface area (TPSA) is 0 Å². The van der Waals surface area contributed by atoms with Crippen molar-refractivity contribution >= 4 is 40.2 Å². The third-order valence-corrected chi connectivity index (χ3v) is 11.8. The predicted octanol–water partition coefficient (Wildman–Crippen LogP) is 7.27. The fourth-order valence-electron chi connectivity index (χ4n) is 7.01. The van der Waals surface area contributed by atoms with Crippen LogP contribution in [0.4, 0.5) is 0 Å². The van der Waals surface area contributed by atoms with Crippen molar-refractivity contribution in [1.29, 1.82) is 0 Å². The van der Waals surface area contributed by atoms with Crippen LogP contribution in [-0.2, 0) is 23.3 Å². The smallest absolute Gasteiger partial charge is 0.0775 e. The maximum absolute atomic E-state index is 2.47. The van der Waals surface area contributed by atoms with Crippen LogP contribution in [0.5, 0.6) is 0 Å². The van der Waals surface area contributed by atoms with E-state index in [1.54, 1.807) is 28.9 Å². The van der Waals surface area contributed by atoms with Crippen LogP contribution in [0.2, 0.25) is 32.7 Å². The number of benzene rings is 4. The Labute approximate surface area is 331 Å². The van der Waals surface area contributed by atoms with Gasteiger partial charge in [-0.25, -0.2) is 0 Å². The van der Waals surface area contributed by atoms with Crippen molar-refractivity contribution in [2.45, 2.75) is 97.4 Å². The van der Waals surface area contributed by atoms with Crippen LogP contribution in [0.3, 0.4) is 0 Å².